The van der Waals surface area contributed by atoms with Gasteiger partial charge in [-0.15, -0.1) is 0 Å². The van der Waals surface area contributed by atoms with Crippen molar-refractivity contribution in [3.05, 3.63) is 23.9 Å². The topological polar surface area (TPSA) is 54.0 Å². The van der Waals surface area contributed by atoms with E-state index in [1.165, 1.54) is 25.0 Å². The molecule has 0 aliphatic carbocycles. The highest BCUT2D eigenvalue weighted by atomic mass is 32.2. The van der Waals surface area contributed by atoms with Gasteiger partial charge in [0.1, 0.15) is 5.82 Å². The average Bonchev–Trinajstić information content (AvgIpc) is 2.52. The van der Waals surface area contributed by atoms with Gasteiger partial charge in [0.2, 0.25) is 0 Å². The van der Waals surface area contributed by atoms with Crippen molar-refractivity contribution in [3.8, 4) is 0 Å². The Morgan fingerprint density at radius 1 is 1.50 bits per heavy atom. The molecule has 1 atom stereocenters. The van der Waals surface area contributed by atoms with E-state index in [-0.39, 0.29) is 5.91 Å². The van der Waals surface area contributed by atoms with Crippen LogP contribution in [0.2, 0.25) is 0 Å². The first-order valence-electron chi connectivity index (χ1n) is 7.39. The lowest BCUT2D eigenvalue weighted by atomic mass is 10.2. The highest BCUT2D eigenvalue weighted by molar-refractivity contribution is 7.99. The lowest BCUT2D eigenvalue weighted by molar-refractivity contribution is 0.0953. The van der Waals surface area contributed by atoms with Crippen LogP contribution in [0.3, 0.4) is 0 Å². The number of thioether (sulfide) groups is 1. The molecule has 0 bridgehead atoms. The molecule has 5 heteroatoms. The van der Waals surface area contributed by atoms with Crippen LogP contribution in [0.1, 0.15) is 43.0 Å². The second-order valence-electron chi connectivity index (χ2n) is 5.06. The number of nitrogens with zero attached hydrogens (tertiary/aromatic N) is 1. The fourth-order valence-corrected chi connectivity index (χ4v) is 3.44. The molecule has 2 heterocycles. The average molecular weight is 293 g/mol. The van der Waals surface area contributed by atoms with Crippen molar-refractivity contribution in [2.75, 3.05) is 24.2 Å². The van der Waals surface area contributed by atoms with E-state index in [2.05, 4.69) is 22.5 Å². The van der Waals surface area contributed by atoms with Crippen molar-refractivity contribution >= 4 is 23.5 Å². The molecule has 1 unspecified atom stereocenters. The molecule has 1 aromatic heterocycles. The van der Waals surface area contributed by atoms with Crippen molar-refractivity contribution in [1.29, 1.82) is 0 Å². The van der Waals surface area contributed by atoms with Gasteiger partial charge in [0, 0.05) is 30.1 Å². The van der Waals surface area contributed by atoms with Crippen molar-refractivity contribution < 1.29 is 4.79 Å². The summed E-state index contributed by atoms with van der Waals surface area (Å²) in [4.78, 5) is 16.4. The summed E-state index contributed by atoms with van der Waals surface area (Å²) in [6.07, 6.45) is 6.53. The minimum Gasteiger partial charge on any atom is -0.370 e. The molecule has 1 aliphatic heterocycles. The molecule has 0 radical (unpaired) electrons. The maximum absolute atomic E-state index is 12.1. The van der Waals surface area contributed by atoms with Crippen LogP contribution in [0.15, 0.2) is 18.3 Å². The van der Waals surface area contributed by atoms with Crippen LogP contribution >= 0.6 is 11.8 Å². The van der Waals surface area contributed by atoms with Gasteiger partial charge < -0.3 is 10.6 Å². The van der Waals surface area contributed by atoms with Gasteiger partial charge in [0.15, 0.2) is 0 Å². The van der Waals surface area contributed by atoms with Crippen LogP contribution in [0.25, 0.3) is 0 Å². The minimum atomic E-state index is -0.00174. The number of carbonyl (C=O) groups is 1. The number of pyridine rings is 1. The van der Waals surface area contributed by atoms with E-state index in [0.29, 0.717) is 10.8 Å². The summed E-state index contributed by atoms with van der Waals surface area (Å²) in [6.45, 7) is 3.74. The molecule has 0 saturated carbocycles. The molecule has 20 heavy (non-hydrogen) atoms. The molecule has 1 aliphatic rings. The Kier molecular flexibility index (Phi) is 6.18. The third-order valence-electron chi connectivity index (χ3n) is 3.34. The fraction of sp³-hybridized carbons (Fsp3) is 0.600. The van der Waals surface area contributed by atoms with Gasteiger partial charge in [0.25, 0.3) is 5.91 Å². The van der Waals surface area contributed by atoms with Gasteiger partial charge in [-0.3, -0.25) is 4.79 Å². The molecule has 1 amide bonds. The summed E-state index contributed by atoms with van der Waals surface area (Å²) in [5.74, 6) is 1.99. The van der Waals surface area contributed by atoms with Crippen LogP contribution in [0.5, 0.6) is 0 Å². The van der Waals surface area contributed by atoms with Gasteiger partial charge >= 0.3 is 0 Å². The molecule has 1 fully saturated rings. The van der Waals surface area contributed by atoms with E-state index in [4.69, 9.17) is 0 Å². The number of nitrogens with one attached hydrogen (secondary N) is 2. The van der Waals surface area contributed by atoms with E-state index < -0.39 is 0 Å². The molecule has 0 spiro atoms. The fourth-order valence-electron chi connectivity index (χ4n) is 2.20. The van der Waals surface area contributed by atoms with E-state index in [9.17, 15) is 4.79 Å². The summed E-state index contributed by atoms with van der Waals surface area (Å²) >= 11 is 1.98. The number of hydrogen-bond acceptors (Lipinski definition) is 4. The third-order valence-corrected chi connectivity index (χ3v) is 4.74. The molecular formula is C15H23N3OS. The SMILES string of the molecule is CCCNc1cc(C(=O)NCC2CCCCS2)ccn1. The molecule has 1 saturated heterocycles. The van der Waals surface area contributed by atoms with Gasteiger partial charge in [-0.1, -0.05) is 13.3 Å². The lowest BCUT2D eigenvalue weighted by Crippen LogP contribution is -2.32. The smallest absolute Gasteiger partial charge is 0.251 e. The first-order chi connectivity index (χ1) is 9.79. The second-order valence-corrected chi connectivity index (χ2v) is 6.46. The number of hydrogen-bond donors (Lipinski definition) is 2. The third kappa shape index (κ3) is 4.71. The molecule has 1 aromatic rings. The highest BCUT2D eigenvalue weighted by Crippen LogP contribution is 2.24. The number of rotatable bonds is 6. The molecule has 2 N–H and O–H groups in total. The summed E-state index contributed by atoms with van der Waals surface area (Å²) in [5.41, 5.74) is 0.680. The zero-order chi connectivity index (χ0) is 14.2. The van der Waals surface area contributed by atoms with Crippen LogP contribution in [0.4, 0.5) is 5.82 Å². The van der Waals surface area contributed by atoms with Crippen LogP contribution < -0.4 is 10.6 Å². The number of carbonyl (C=O) groups excluding carboxylic acids is 1. The number of anilines is 1. The number of aromatic nitrogens is 1. The van der Waals surface area contributed by atoms with Crippen molar-refractivity contribution in [1.82, 2.24) is 10.3 Å². The Bertz CT molecular complexity index is 433. The molecule has 4 nitrogen and oxygen atoms in total. The zero-order valence-corrected chi connectivity index (χ0v) is 12.8. The lowest BCUT2D eigenvalue weighted by Gasteiger charge is -2.21. The predicted octanol–water partition coefficient (Wildman–Crippen LogP) is 2.92. The molecule has 110 valence electrons. The Balaban J connectivity index is 1.84. The maximum atomic E-state index is 12.1. The minimum absolute atomic E-state index is 0.00174. The summed E-state index contributed by atoms with van der Waals surface area (Å²) < 4.78 is 0. The summed E-state index contributed by atoms with van der Waals surface area (Å²) in [6, 6.07) is 3.58. The quantitative estimate of drug-likeness (QED) is 0.847. The Labute approximate surface area is 125 Å². The number of amides is 1. The van der Waals surface area contributed by atoms with Gasteiger partial charge in [-0.2, -0.15) is 11.8 Å². The Morgan fingerprint density at radius 2 is 2.40 bits per heavy atom. The molecule has 2 rings (SSSR count). The Morgan fingerprint density at radius 3 is 3.15 bits per heavy atom. The second kappa shape index (κ2) is 8.15. The Hall–Kier alpha value is -1.23. The van der Waals surface area contributed by atoms with Crippen molar-refractivity contribution in [3.63, 3.8) is 0 Å². The molecule has 0 aromatic carbocycles. The van der Waals surface area contributed by atoms with Gasteiger partial charge in [0.05, 0.1) is 0 Å². The zero-order valence-electron chi connectivity index (χ0n) is 12.0. The van der Waals surface area contributed by atoms with Gasteiger partial charge in [-0.05, 0) is 37.1 Å². The normalized spacial score (nSPS) is 18.6. The monoisotopic (exact) mass is 293 g/mol. The van der Waals surface area contributed by atoms with E-state index in [1.807, 2.05) is 17.8 Å². The first-order valence-corrected chi connectivity index (χ1v) is 8.44. The molecular weight excluding hydrogens is 270 g/mol. The van der Waals surface area contributed by atoms with Gasteiger partial charge in [-0.25, -0.2) is 4.98 Å². The maximum Gasteiger partial charge on any atom is 0.251 e. The van der Waals surface area contributed by atoms with Crippen LogP contribution in [-0.2, 0) is 0 Å². The largest absolute Gasteiger partial charge is 0.370 e. The van der Waals surface area contributed by atoms with Crippen molar-refractivity contribution in [2.45, 2.75) is 37.9 Å². The standard InChI is InChI=1S/C15H23N3OS/c1-2-7-16-14-10-12(6-8-17-14)15(19)18-11-13-5-3-4-9-20-13/h6,8,10,13H,2-5,7,9,11H2,1H3,(H,16,17)(H,18,19). The van der Waals surface area contributed by atoms with E-state index in [1.54, 1.807) is 12.3 Å². The predicted molar refractivity (Wildman–Crippen MR) is 85.4 cm³/mol. The van der Waals surface area contributed by atoms with E-state index >= 15 is 0 Å². The van der Waals surface area contributed by atoms with Crippen LogP contribution in [-0.4, -0.2) is 35.0 Å². The first kappa shape index (κ1) is 15.2. The summed E-state index contributed by atoms with van der Waals surface area (Å²) in [7, 11) is 0. The van der Waals surface area contributed by atoms with E-state index in [0.717, 1.165) is 25.3 Å². The summed E-state index contributed by atoms with van der Waals surface area (Å²) in [5, 5.41) is 6.81. The van der Waals surface area contributed by atoms with Crippen molar-refractivity contribution in [2.24, 2.45) is 0 Å². The van der Waals surface area contributed by atoms with Crippen LogP contribution in [0, 0.1) is 0 Å². The highest BCUT2D eigenvalue weighted by Gasteiger charge is 2.15.